The van der Waals surface area contributed by atoms with E-state index >= 15 is 0 Å². The molecule has 1 atom stereocenters. The quantitative estimate of drug-likeness (QED) is 0.829. The van der Waals surface area contributed by atoms with Crippen LogP contribution in [-0.4, -0.2) is 21.0 Å². The van der Waals surface area contributed by atoms with Gasteiger partial charge in [0.1, 0.15) is 0 Å². The fourth-order valence-corrected chi connectivity index (χ4v) is 2.10. The molecule has 0 heterocycles. The summed E-state index contributed by atoms with van der Waals surface area (Å²) in [6.45, 7) is 1.96. The van der Waals surface area contributed by atoms with Crippen molar-refractivity contribution in [1.29, 1.82) is 0 Å². The van der Waals surface area contributed by atoms with Crippen molar-refractivity contribution in [3.05, 3.63) is 29.8 Å². The van der Waals surface area contributed by atoms with E-state index in [-0.39, 0.29) is 5.56 Å². The summed E-state index contributed by atoms with van der Waals surface area (Å²) in [6, 6.07) is 6.17. The molecule has 1 rings (SSSR count). The monoisotopic (exact) mass is 212 g/mol. The van der Waals surface area contributed by atoms with Crippen LogP contribution >= 0.6 is 0 Å². The molecule has 4 heteroatoms. The predicted octanol–water partition coefficient (Wildman–Crippen LogP) is 1.90. The first-order valence-corrected chi connectivity index (χ1v) is 5.68. The van der Waals surface area contributed by atoms with Gasteiger partial charge < -0.3 is 5.11 Å². The first-order valence-electron chi connectivity index (χ1n) is 4.37. The van der Waals surface area contributed by atoms with Crippen LogP contribution in [-0.2, 0) is 10.8 Å². The number of carbonyl (C=O) groups is 1. The van der Waals surface area contributed by atoms with Gasteiger partial charge in [-0.2, -0.15) is 0 Å². The number of hydrogen-bond donors (Lipinski definition) is 1. The lowest BCUT2D eigenvalue weighted by Gasteiger charge is -2.00. The number of rotatable bonds is 4. The largest absolute Gasteiger partial charge is 0.478 e. The molecular weight excluding hydrogens is 200 g/mol. The van der Waals surface area contributed by atoms with Crippen molar-refractivity contribution in [3.63, 3.8) is 0 Å². The SMILES string of the molecule is CCCS(=O)c1ccc(C(=O)O)cc1. The third kappa shape index (κ3) is 2.67. The van der Waals surface area contributed by atoms with Gasteiger partial charge in [0.2, 0.25) is 0 Å². The highest BCUT2D eigenvalue weighted by Gasteiger charge is 2.05. The van der Waals surface area contributed by atoms with Crippen LogP contribution in [0.15, 0.2) is 29.2 Å². The third-order valence-corrected chi connectivity index (χ3v) is 3.33. The van der Waals surface area contributed by atoms with Crippen molar-refractivity contribution in [2.75, 3.05) is 5.75 Å². The second-order valence-electron chi connectivity index (χ2n) is 2.88. The minimum absolute atomic E-state index is 0.224. The summed E-state index contributed by atoms with van der Waals surface area (Å²) in [4.78, 5) is 11.2. The molecule has 0 aliphatic rings. The highest BCUT2D eigenvalue weighted by atomic mass is 32.2. The molecule has 3 nitrogen and oxygen atoms in total. The maximum Gasteiger partial charge on any atom is 0.335 e. The minimum Gasteiger partial charge on any atom is -0.478 e. The second-order valence-corrected chi connectivity index (χ2v) is 4.45. The lowest BCUT2D eigenvalue weighted by molar-refractivity contribution is 0.0697. The third-order valence-electron chi connectivity index (χ3n) is 1.75. The number of carboxylic acid groups (broad SMARTS) is 1. The van der Waals surface area contributed by atoms with Gasteiger partial charge in [0.25, 0.3) is 0 Å². The summed E-state index contributed by atoms with van der Waals surface area (Å²) >= 11 is 0. The first kappa shape index (κ1) is 10.9. The Morgan fingerprint density at radius 1 is 1.36 bits per heavy atom. The van der Waals surface area contributed by atoms with Gasteiger partial charge in [-0.1, -0.05) is 6.92 Å². The molecule has 0 aromatic heterocycles. The smallest absolute Gasteiger partial charge is 0.335 e. The molecular formula is C10H12O3S. The van der Waals surface area contributed by atoms with Crippen molar-refractivity contribution in [2.45, 2.75) is 18.2 Å². The molecule has 14 heavy (non-hydrogen) atoms. The molecule has 0 fully saturated rings. The molecule has 76 valence electrons. The summed E-state index contributed by atoms with van der Waals surface area (Å²) in [7, 11) is -0.998. The molecule has 0 spiro atoms. The van der Waals surface area contributed by atoms with E-state index in [1.54, 1.807) is 12.1 Å². The van der Waals surface area contributed by atoms with Gasteiger partial charge in [0.05, 0.1) is 16.4 Å². The molecule has 0 amide bonds. The number of hydrogen-bond acceptors (Lipinski definition) is 2. The molecule has 1 N–H and O–H groups in total. The summed E-state index contributed by atoms with van der Waals surface area (Å²) < 4.78 is 11.5. The van der Waals surface area contributed by atoms with Crippen molar-refractivity contribution < 1.29 is 14.1 Å². The van der Waals surface area contributed by atoms with E-state index in [0.29, 0.717) is 10.6 Å². The Hall–Kier alpha value is -1.16. The van der Waals surface area contributed by atoms with Gasteiger partial charge >= 0.3 is 5.97 Å². The Kier molecular flexibility index (Phi) is 3.83. The second kappa shape index (κ2) is 4.91. The van der Waals surface area contributed by atoms with E-state index in [1.807, 2.05) is 6.92 Å². The van der Waals surface area contributed by atoms with E-state index in [9.17, 15) is 9.00 Å². The van der Waals surface area contributed by atoms with Gasteiger partial charge in [-0.05, 0) is 30.7 Å². The standard InChI is InChI=1S/C10H12O3S/c1-2-7-14(13)9-5-3-8(4-6-9)10(11)12/h3-6H,2,7H2,1H3,(H,11,12). The van der Waals surface area contributed by atoms with Gasteiger partial charge in [-0.25, -0.2) is 4.79 Å². The molecule has 1 aromatic rings. The van der Waals surface area contributed by atoms with Gasteiger partial charge in [0.15, 0.2) is 0 Å². The lowest BCUT2D eigenvalue weighted by atomic mass is 10.2. The Morgan fingerprint density at radius 3 is 2.36 bits per heavy atom. The highest BCUT2D eigenvalue weighted by Crippen LogP contribution is 2.09. The molecule has 1 unspecified atom stereocenters. The normalized spacial score (nSPS) is 12.4. The zero-order valence-corrected chi connectivity index (χ0v) is 8.71. The number of benzene rings is 1. The minimum atomic E-state index is -0.998. The van der Waals surface area contributed by atoms with Crippen LogP contribution in [0.3, 0.4) is 0 Å². The maximum absolute atomic E-state index is 11.5. The Labute approximate surface area is 85.2 Å². The van der Waals surface area contributed by atoms with Gasteiger partial charge in [0, 0.05) is 10.6 Å². The summed E-state index contributed by atoms with van der Waals surface area (Å²) in [5.74, 6) is -0.343. The summed E-state index contributed by atoms with van der Waals surface area (Å²) in [5, 5.41) is 8.64. The average molecular weight is 212 g/mol. The topological polar surface area (TPSA) is 54.4 Å². The predicted molar refractivity (Wildman–Crippen MR) is 55.0 cm³/mol. The molecule has 0 bridgehead atoms. The Bertz CT molecular complexity index is 343. The van der Waals surface area contributed by atoms with Crippen LogP contribution in [0, 0.1) is 0 Å². The van der Waals surface area contributed by atoms with E-state index in [4.69, 9.17) is 5.11 Å². The Morgan fingerprint density at radius 2 is 1.93 bits per heavy atom. The van der Waals surface area contributed by atoms with E-state index in [0.717, 1.165) is 6.42 Å². The van der Waals surface area contributed by atoms with Gasteiger partial charge in [-0.3, -0.25) is 4.21 Å². The number of carboxylic acids is 1. The lowest BCUT2D eigenvalue weighted by Crippen LogP contribution is -1.99. The highest BCUT2D eigenvalue weighted by molar-refractivity contribution is 7.85. The molecule has 0 saturated carbocycles. The summed E-state index contributed by atoms with van der Waals surface area (Å²) in [6.07, 6.45) is 0.854. The van der Waals surface area contributed by atoms with Crippen molar-refractivity contribution in [1.82, 2.24) is 0 Å². The molecule has 0 saturated heterocycles. The van der Waals surface area contributed by atoms with Crippen molar-refractivity contribution in [2.24, 2.45) is 0 Å². The molecule has 0 radical (unpaired) electrons. The molecule has 0 aliphatic carbocycles. The van der Waals surface area contributed by atoms with E-state index in [1.165, 1.54) is 12.1 Å². The zero-order valence-electron chi connectivity index (χ0n) is 7.90. The van der Waals surface area contributed by atoms with Crippen LogP contribution < -0.4 is 0 Å². The fourth-order valence-electron chi connectivity index (χ4n) is 1.05. The fraction of sp³-hybridized carbons (Fsp3) is 0.300. The van der Waals surface area contributed by atoms with E-state index < -0.39 is 16.8 Å². The first-order chi connectivity index (χ1) is 6.65. The van der Waals surface area contributed by atoms with Crippen LogP contribution in [0.25, 0.3) is 0 Å². The van der Waals surface area contributed by atoms with Crippen LogP contribution in [0.2, 0.25) is 0 Å². The van der Waals surface area contributed by atoms with Crippen LogP contribution in [0.4, 0.5) is 0 Å². The Balaban J connectivity index is 2.83. The van der Waals surface area contributed by atoms with E-state index in [2.05, 4.69) is 0 Å². The average Bonchev–Trinajstić information content (AvgIpc) is 2.18. The van der Waals surface area contributed by atoms with Crippen LogP contribution in [0.1, 0.15) is 23.7 Å². The maximum atomic E-state index is 11.5. The van der Waals surface area contributed by atoms with Crippen molar-refractivity contribution in [3.8, 4) is 0 Å². The number of aromatic carboxylic acids is 1. The van der Waals surface area contributed by atoms with Crippen LogP contribution in [0.5, 0.6) is 0 Å². The summed E-state index contributed by atoms with van der Waals surface area (Å²) in [5.41, 5.74) is 0.224. The molecule has 1 aromatic carbocycles. The van der Waals surface area contributed by atoms with Crippen molar-refractivity contribution >= 4 is 16.8 Å². The van der Waals surface area contributed by atoms with Gasteiger partial charge in [-0.15, -0.1) is 0 Å². The molecule has 0 aliphatic heterocycles. The zero-order chi connectivity index (χ0) is 10.6.